The van der Waals surface area contributed by atoms with Crippen LogP contribution in [0.5, 0.6) is 0 Å². The molecule has 0 saturated carbocycles. The van der Waals surface area contributed by atoms with E-state index in [1.807, 2.05) is 0 Å². The molecule has 0 aliphatic heterocycles. The predicted octanol–water partition coefficient (Wildman–Crippen LogP) is 6.02. The average Bonchev–Trinajstić information content (AvgIpc) is 3.28. The number of ether oxygens (including phenoxy) is 2. The van der Waals surface area contributed by atoms with E-state index in [4.69, 9.17) is 19.7 Å². The highest BCUT2D eigenvalue weighted by Crippen LogP contribution is 2.42. The summed E-state index contributed by atoms with van der Waals surface area (Å²) >= 11 is 0. The minimum absolute atomic E-state index is 0.147. The fourth-order valence-electron chi connectivity index (χ4n) is 4.59. The third-order valence-corrected chi connectivity index (χ3v) is 10.1. The molecule has 0 spiro atoms. The van der Waals surface area contributed by atoms with Crippen molar-refractivity contribution >= 4 is 32.7 Å². The molecular weight excluding hydrogens is 545 g/mol. The second-order valence-electron chi connectivity index (χ2n) is 11.5. The van der Waals surface area contributed by atoms with E-state index in [2.05, 4.69) is 53.4 Å². The largest absolute Gasteiger partial charge is 0.382 e. The van der Waals surface area contributed by atoms with Crippen LogP contribution in [0.15, 0.2) is 12.7 Å². The molecule has 0 amide bonds. The Morgan fingerprint density at radius 3 is 2.48 bits per heavy atom. The molecule has 2 rings (SSSR count). The van der Waals surface area contributed by atoms with Crippen molar-refractivity contribution in [3.63, 3.8) is 0 Å². The van der Waals surface area contributed by atoms with Gasteiger partial charge in [0.05, 0.1) is 25.6 Å². The Bertz CT molecular complexity index is 1120. The van der Waals surface area contributed by atoms with Crippen LogP contribution in [-0.2, 0) is 25.1 Å². The number of nitrogens with two attached hydrogens (primary N) is 1. The van der Waals surface area contributed by atoms with Gasteiger partial charge in [-0.1, -0.05) is 52.6 Å². The van der Waals surface area contributed by atoms with Gasteiger partial charge in [-0.25, -0.2) is 15.0 Å². The van der Waals surface area contributed by atoms with Gasteiger partial charge in [0.2, 0.25) is 0 Å². The number of fused-ring (bicyclic) bond motifs is 1. The molecule has 0 fully saturated rings. The standard InChI is InChI=1S/C28H50N5O5PSi/c1-24(2)20-40(4,5)18-13-11-9-7-6-8-10-12-15-36-16-14-17-38-39(34,35)23-37-25(3)19-33-22-32-26-27(29)30-21-31-28(26)33/h21-22,24-25H,6-12,14-17,19-20,23H2,1-5H3,(H,34,35)(H2,29,30,31)/t25-/m1/s1. The van der Waals surface area contributed by atoms with Gasteiger partial charge in [-0.2, -0.15) is 0 Å². The lowest BCUT2D eigenvalue weighted by Crippen LogP contribution is -2.25. The Morgan fingerprint density at radius 1 is 1.02 bits per heavy atom. The predicted molar refractivity (Wildman–Crippen MR) is 164 cm³/mol. The number of imidazole rings is 1. The number of nitrogen functional groups attached to an aromatic ring is 1. The van der Waals surface area contributed by atoms with Crippen LogP contribution in [0, 0.1) is 17.4 Å². The number of hydrogen-bond donors (Lipinski definition) is 2. The smallest absolute Gasteiger partial charge is 0.353 e. The summed E-state index contributed by atoms with van der Waals surface area (Å²) in [7, 11) is -5.17. The molecule has 3 N–H and O–H groups in total. The van der Waals surface area contributed by atoms with E-state index in [0.29, 0.717) is 43.2 Å². The molecule has 2 aromatic heterocycles. The summed E-state index contributed by atoms with van der Waals surface area (Å²) in [6.07, 6.45) is 10.9. The van der Waals surface area contributed by atoms with Gasteiger partial charge in [0.25, 0.3) is 0 Å². The maximum absolute atomic E-state index is 12.3. The number of rotatable bonds is 20. The van der Waals surface area contributed by atoms with Crippen molar-refractivity contribution in [2.75, 3.05) is 31.9 Å². The maximum Gasteiger partial charge on any atom is 0.353 e. The zero-order valence-corrected chi connectivity index (χ0v) is 27.0. The first kappa shape index (κ1) is 34.4. The summed E-state index contributed by atoms with van der Waals surface area (Å²) in [5, 5.41) is 0. The summed E-state index contributed by atoms with van der Waals surface area (Å²) < 4.78 is 30.4. The lowest BCUT2D eigenvalue weighted by molar-refractivity contribution is 0.0688. The first-order valence-corrected chi connectivity index (χ1v) is 19.5. The minimum Gasteiger partial charge on any atom is -0.382 e. The number of anilines is 1. The highest BCUT2D eigenvalue weighted by atomic mass is 31.2. The van der Waals surface area contributed by atoms with Crippen LogP contribution >= 0.6 is 7.60 Å². The van der Waals surface area contributed by atoms with E-state index in [9.17, 15) is 9.46 Å². The fourth-order valence-corrected chi connectivity index (χ4v) is 8.27. The molecule has 2 atom stereocenters. The molecule has 1 unspecified atom stereocenters. The van der Waals surface area contributed by atoms with Gasteiger partial charge in [0.15, 0.2) is 11.5 Å². The van der Waals surface area contributed by atoms with Crippen LogP contribution in [-0.4, -0.2) is 64.8 Å². The summed E-state index contributed by atoms with van der Waals surface area (Å²) in [6.45, 7) is 12.9. The van der Waals surface area contributed by atoms with E-state index >= 15 is 0 Å². The van der Waals surface area contributed by atoms with E-state index < -0.39 is 15.7 Å². The van der Waals surface area contributed by atoms with Crippen LogP contribution in [0.1, 0.15) is 72.1 Å². The second-order valence-corrected chi connectivity index (χ2v) is 17.7. The molecule has 10 nitrogen and oxygen atoms in total. The number of unbranched alkanes of at least 4 members (excludes halogenated alkanes) is 6. The zero-order valence-electron chi connectivity index (χ0n) is 25.1. The van der Waals surface area contributed by atoms with Crippen molar-refractivity contribution in [2.24, 2.45) is 5.92 Å². The molecule has 226 valence electrons. The van der Waals surface area contributed by atoms with E-state index in [1.54, 1.807) is 17.8 Å². The molecule has 0 saturated heterocycles. The number of nitrogens with zero attached hydrogens (tertiary/aromatic N) is 4. The van der Waals surface area contributed by atoms with E-state index in [-0.39, 0.29) is 19.1 Å². The highest BCUT2D eigenvalue weighted by molar-refractivity contribution is 7.52. The number of hydrogen-bond acceptors (Lipinski definition) is 8. The lowest BCUT2D eigenvalue weighted by Gasteiger charge is -2.17. The van der Waals surface area contributed by atoms with Crippen LogP contribution < -0.4 is 5.73 Å². The topological polar surface area (TPSA) is 135 Å². The van der Waals surface area contributed by atoms with Crippen LogP contribution in [0.25, 0.3) is 11.2 Å². The van der Waals surface area contributed by atoms with Gasteiger partial charge in [-0.15, -0.1) is 11.5 Å². The van der Waals surface area contributed by atoms with Crippen molar-refractivity contribution in [3.05, 3.63) is 12.7 Å². The molecule has 0 bridgehead atoms. The second kappa shape index (κ2) is 17.9. The molecule has 0 aliphatic carbocycles. The van der Waals surface area contributed by atoms with Gasteiger partial charge >= 0.3 is 7.60 Å². The lowest BCUT2D eigenvalue weighted by atomic mass is 10.1. The van der Waals surface area contributed by atoms with Crippen LogP contribution in [0.2, 0.25) is 19.1 Å². The third kappa shape index (κ3) is 14.2. The van der Waals surface area contributed by atoms with Gasteiger partial charge in [-0.3, -0.25) is 4.57 Å². The number of aromatic nitrogens is 4. The minimum atomic E-state index is -3.85. The van der Waals surface area contributed by atoms with Crippen LogP contribution in [0.3, 0.4) is 0 Å². The van der Waals surface area contributed by atoms with Gasteiger partial charge in [0.1, 0.15) is 26.3 Å². The Labute approximate surface area is 241 Å². The Balaban J connectivity index is 1.44. The van der Waals surface area contributed by atoms with Gasteiger partial charge in [-0.05, 0) is 38.1 Å². The first-order chi connectivity index (χ1) is 19.0. The van der Waals surface area contributed by atoms with Crippen molar-refractivity contribution in [2.45, 2.75) is 104 Å². The molecule has 0 radical (unpaired) electrons. The molecule has 12 heteroatoms. The summed E-state index contributed by atoms with van der Waals surface area (Å²) in [4.78, 5) is 22.4. The normalized spacial score (nSPS) is 14.3. The van der Waals surface area contributed by atoms with Gasteiger partial charge < -0.3 is 29.2 Å². The van der Waals surface area contributed by atoms with Crippen molar-refractivity contribution in [1.82, 2.24) is 19.5 Å². The third-order valence-electron chi connectivity index (χ3n) is 6.32. The highest BCUT2D eigenvalue weighted by Gasteiger charge is 2.22. The SMILES string of the molecule is CC(C)C[Si](C)(C)C#CCCCCCCCCOCCCOP(=O)(O)CO[C@H](C)Cn1cnc2c(N)ncnc21. The van der Waals surface area contributed by atoms with Crippen molar-refractivity contribution in [3.8, 4) is 11.5 Å². The first-order valence-electron chi connectivity index (χ1n) is 14.6. The molecule has 2 aromatic rings. The quantitative estimate of drug-likeness (QED) is 0.0815. The molecule has 0 aliphatic rings. The Morgan fingerprint density at radius 2 is 1.73 bits per heavy atom. The molecular formula is C28H50N5O5PSi. The summed E-state index contributed by atoms with van der Waals surface area (Å²) in [6, 6.07) is 1.28. The van der Waals surface area contributed by atoms with Crippen molar-refractivity contribution in [1.29, 1.82) is 0 Å². The van der Waals surface area contributed by atoms with Crippen molar-refractivity contribution < 1.29 is 23.5 Å². The van der Waals surface area contributed by atoms with Crippen LogP contribution in [0.4, 0.5) is 5.82 Å². The van der Waals surface area contributed by atoms with E-state index in [0.717, 1.165) is 25.2 Å². The maximum atomic E-state index is 12.3. The van der Waals surface area contributed by atoms with E-state index in [1.165, 1.54) is 38.1 Å². The van der Waals surface area contributed by atoms with Gasteiger partial charge in [0, 0.05) is 19.6 Å². The monoisotopic (exact) mass is 595 g/mol. The molecule has 2 heterocycles. The molecule has 0 aromatic carbocycles. The average molecular weight is 596 g/mol. The Hall–Kier alpha value is -1.80. The fraction of sp³-hybridized carbons (Fsp3) is 0.750. The summed E-state index contributed by atoms with van der Waals surface area (Å²) in [5.41, 5.74) is 10.5. The summed E-state index contributed by atoms with van der Waals surface area (Å²) in [5.74, 6) is 4.48. The zero-order chi connectivity index (χ0) is 29.4. The Kier molecular flexibility index (Phi) is 15.4. The molecule has 40 heavy (non-hydrogen) atoms.